The van der Waals surface area contributed by atoms with Crippen LogP contribution < -0.4 is 9.47 Å². The number of benzene rings is 1. The number of ether oxygens (including phenoxy) is 2. The van der Waals surface area contributed by atoms with Crippen LogP contribution in [0.2, 0.25) is 0 Å². The molecule has 1 amide bonds. The van der Waals surface area contributed by atoms with Crippen molar-refractivity contribution in [1.29, 1.82) is 0 Å². The van der Waals surface area contributed by atoms with Crippen molar-refractivity contribution < 1.29 is 24.2 Å². The Morgan fingerprint density at radius 2 is 2.00 bits per heavy atom. The fourth-order valence-electron chi connectivity index (χ4n) is 2.14. The van der Waals surface area contributed by atoms with Gasteiger partial charge in [-0.25, -0.2) is 0 Å². The quantitative estimate of drug-likeness (QED) is 0.861. The Bertz CT molecular complexity index is 517. The maximum atomic E-state index is 11.9. The first-order valence-electron chi connectivity index (χ1n) is 6.90. The van der Waals surface area contributed by atoms with Gasteiger partial charge >= 0.3 is 5.97 Å². The van der Waals surface area contributed by atoms with Gasteiger partial charge in [-0.1, -0.05) is 12.1 Å². The van der Waals surface area contributed by atoms with Gasteiger partial charge in [0.1, 0.15) is 6.61 Å². The van der Waals surface area contributed by atoms with Crippen LogP contribution in [0.25, 0.3) is 0 Å². The second-order valence-corrected chi connectivity index (χ2v) is 5.02. The lowest BCUT2D eigenvalue weighted by Crippen LogP contribution is -2.41. The van der Waals surface area contributed by atoms with E-state index in [9.17, 15) is 9.59 Å². The van der Waals surface area contributed by atoms with Crippen LogP contribution in [0.1, 0.15) is 19.3 Å². The van der Waals surface area contributed by atoms with Gasteiger partial charge in [0.25, 0.3) is 0 Å². The van der Waals surface area contributed by atoms with E-state index in [1.807, 2.05) is 24.3 Å². The maximum absolute atomic E-state index is 11.9. The first-order chi connectivity index (χ1) is 10.1. The van der Waals surface area contributed by atoms with E-state index in [1.54, 1.807) is 11.9 Å². The maximum Gasteiger partial charge on any atom is 0.303 e. The summed E-state index contributed by atoms with van der Waals surface area (Å²) in [5.74, 6) is 0.425. The Balaban J connectivity index is 1.79. The van der Waals surface area contributed by atoms with E-state index in [0.29, 0.717) is 31.1 Å². The van der Waals surface area contributed by atoms with Crippen LogP contribution in [0.4, 0.5) is 0 Å². The smallest absolute Gasteiger partial charge is 0.303 e. The van der Waals surface area contributed by atoms with Gasteiger partial charge in [-0.05, 0) is 18.6 Å². The average Bonchev–Trinajstić information content (AvgIpc) is 2.46. The number of nitrogens with zero attached hydrogens (tertiary/aromatic N) is 1. The van der Waals surface area contributed by atoms with Crippen LogP contribution in [0.15, 0.2) is 24.3 Å². The highest BCUT2D eigenvalue weighted by Gasteiger charge is 2.23. The van der Waals surface area contributed by atoms with Crippen molar-refractivity contribution in [2.24, 2.45) is 0 Å². The molecule has 1 unspecified atom stereocenters. The third-order valence-corrected chi connectivity index (χ3v) is 3.25. The molecule has 2 rings (SSSR count). The second-order valence-electron chi connectivity index (χ2n) is 5.02. The summed E-state index contributed by atoms with van der Waals surface area (Å²) < 4.78 is 11.4. The first kappa shape index (κ1) is 15.2. The van der Waals surface area contributed by atoms with Crippen molar-refractivity contribution in [3.63, 3.8) is 0 Å². The van der Waals surface area contributed by atoms with Crippen LogP contribution in [0.5, 0.6) is 11.5 Å². The molecule has 1 aromatic rings. The molecule has 0 bridgehead atoms. The van der Waals surface area contributed by atoms with E-state index in [1.165, 1.54) is 0 Å². The fraction of sp³-hybridized carbons (Fsp3) is 0.467. The van der Waals surface area contributed by atoms with Crippen LogP contribution in [-0.4, -0.2) is 48.2 Å². The van der Waals surface area contributed by atoms with Gasteiger partial charge in [0.15, 0.2) is 17.6 Å². The number of rotatable bonds is 6. The number of hydrogen-bond acceptors (Lipinski definition) is 4. The standard InChI is InChI=1S/C15H19NO5/c1-16(14(17)7-4-8-15(18)19)9-11-10-20-12-5-2-3-6-13(12)21-11/h2-3,5-6,11H,4,7-10H2,1H3,(H,18,19). The SMILES string of the molecule is CN(CC1COc2ccccc2O1)C(=O)CCCC(=O)O. The number of aliphatic carboxylic acids is 1. The molecule has 6 heteroatoms. The van der Waals surface area contributed by atoms with E-state index < -0.39 is 5.97 Å². The van der Waals surface area contributed by atoms with Crippen LogP contribution in [-0.2, 0) is 9.59 Å². The summed E-state index contributed by atoms with van der Waals surface area (Å²) in [5, 5.41) is 8.56. The average molecular weight is 293 g/mol. The number of likely N-dealkylation sites (N-methyl/N-ethyl adjacent to an activating group) is 1. The Morgan fingerprint density at radius 1 is 1.29 bits per heavy atom. The molecule has 1 atom stereocenters. The molecule has 1 N–H and O–H groups in total. The van der Waals surface area contributed by atoms with Crippen LogP contribution >= 0.6 is 0 Å². The third-order valence-electron chi connectivity index (χ3n) is 3.25. The van der Waals surface area contributed by atoms with Crippen LogP contribution in [0, 0.1) is 0 Å². The minimum Gasteiger partial charge on any atom is -0.486 e. The molecule has 114 valence electrons. The number of fused-ring (bicyclic) bond motifs is 1. The zero-order valence-corrected chi connectivity index (χ0v) is 11.9. The zero-order valence-electron chi connectivity index (χ0n) is 11.9. The summed E-state index contributed by atoms with van der Waals surface area (Å²) >= 11 is 0. The summed E-state index contributed by atoms with van der Waals surface area (Å²) in [6.07, 6.45) is 0.375. The molecule has 0 aromatic heterocycles. The minimum atomic E-state index is -0.883. The number of carboxylic acids is 1. The molecule has 0 radical (unpaired) electrons. The number of carboxylic acid groups (broad SMARTS) is 1. The van der Waals surface area contributed by atoms with Crippen molar-refractivity contribution in [3.05, 3.63) is 24.3 Å². The molecule has 21 heavy (non-hydrogen) atoms. The zero-order chi connectivity index (χ0) is 15.2. The van der Waals surface area contributed by atoms with Gasteiger partial charge in [-0.3, -0.25) is 9.59 Å². The van der Waals surface area contributed by atoms with Crippen molar-refractivity contribution >= 4 is 11.9 Å². The molecule has 1 aliphatic rings. The molecule has 0 fully saturated rings. The Hall–Kier alpha value is -2.24. The van der Waals surface area contributed by atoms with E-state index in [-0.39, 0.29) is 24.9 Å². The van der Waals surface area contributed by atoms with E-state index in [2.05, 4.69) is 0 Å². The van der Waals surface area contributed by atoms with Gasteiger partial charge < -0.3 is 19.5 Å². The van der Waals surface area contributed by atoms with Crippen molar-refractivity contribution in [3.8, 4) is 11.5 Å². The molecule has 0 aliphatic carbocycles. The third kappa shape index (κ3) is 4.37. The molecular formula is C15H19NO5. The molecule has 0 saturated carbocycles. The summed E-state index contributed by atoms with van der Waals surface area (Å²) in [5.41, 5.74) is 0. The Labute approximate surface area is 123 Å². The van der Waals surface area contributed by atoms with E-state index in [0.717, 1.165) is 0 Å². The second kappa shape index (κ2) is 6.97. The molecule has 1 aliphatic heterocycles. The summed E-state index contributed by atoms with van der Waals surface area (Å²) in [7, 11) is 1.69. The lowest BCUT2D eigenvalue weighted by atomic mass is 10.2. The predicted molar refractivity (Wildman–Crippen MR) is 75.5 cm³/mol. The molecule has 1 heterocycles. The van der Waals surface area contributed by atoms with Gasteiger partial charge in [0, 0.05) is 19.9 Å². The summed E-state index contributed by atoms with van der Waals surface area (Å²) in [4.78, 5) is 23.9. The Morgan fingerprint density at radius 3 is 2.71 bits per heavy atom. The molecule has 1 aromatic carbocycles. The largest absolute Gasteiger partial charge is 0.486 e. The van der Waals surface area contributed by atoms with Crippen molar-refractivity contribution in [2.45, 2.75) is 25.4 Å². The molecule has 0 spiro atoms. The fourth-order valence-corrected chi connectivity index (χ4v) is 2.14. The van der Waals surface area contributed by atoms with Gasteiger partial charge in [0.05, 0.1) is 6.54 Å². The minimum absolute atomic E-state index is 0.00992. The molecular weight excluding hydrogens is 274 g/mol. The number of amides is 1. The molecule has 6 nitrogen and oxygen atoms in total. The van der Waals surface area contributed by atoms with Crippen molar-refractivity contribution in [2.75, 3.05) is 20.2 Å². The van der Waals surface area contributed by atoms with E-state index >= 15 is 0 Å². The lowest BCUT2D eigenvalue weighted by molar-refractivity contribution is -0.137. The summed E-state index contributed by atoms with van der Waals surface area (Å²) in [6.45, 7) is 0.810. The summed E-state index contributed by atoms with van der Waals surface area (Å²) in [6, 6.07) is 7.41. The highest BCUT2D eigenvalue weighted by molar-refractivity contribution is 5.76. The highest BCUT2D eigenvalue weighted by Crippen LogP contribution is 2.30. The number of carbonyl (C=O) groups is 2. The van der Waals surface area contributed by atoms with Gasteiger partial charge in [-0.2, -0.15) is 0 Å². The predicted octanol–water partition coefficient (Wildman–Crippen LogP) is 1.54. The normalized spacial score (nSPS) is 16.3. The number of hydrogen-bond donors (Lipinski definition) is 1. The Kier molecular flexibility index (Phi) is 5.03. The van der Waals surface area contributed by atoms with Gasteiger partial charge in [0.2, 0.25) is 5.91 Å². The lowest BCUT2D eigenvalue weighted by Gasteiger charge is -2.29. The van der Waals surface area contributed by atoms with Crippen molar-refractivity contribution in [1.82, 2.24) is 4.90 Å². The monoisotopic (exact) mass is 293 g/mol. The number of carbonyl (C=O) groups excluding carboxylic acids is 1. The number of para-hydroxylation sites is 2. The van der Waals surface area contributed by atoms with E-state index in [4.69, 9.17) is 14.6 Å². The first-order valence-corrected chi connectivity index (χ1v) is 6.90. The van der Waals surface area contributed by atoms with Crippen LogP contribution in [0.3, 0.4) is 0 Å². The topological polar surface area (TPSA) is 76.1 Å². The van der Waals surface area contributed by atoms with Gasteiger partial charge in [-0.15, -0.1) is 0 Å². The molecule has 0 saturated heterocycles. The highest BCUT2D eigenvalue weighted by atomic mass is 16.6.